The number of hydrogen-bond acceptors (Lipinski definition) is 3. The van der Waals surface area contributed by atoms with E-state index >= 15 is 0 Å². The molecule has 1 aliphatic heterocycles. The minimum Gasteiger partial charge on any atom is -0.392 e. The molecule has 72 valence electrons. The van der Waals surface area contributed by atoms with Gasteiger partial charge in [0.05, 0.1) is 6.10 Å². The number of β-amino-alcohol motifs (C(OH)–C–C–N with tert-alkyl or cyclic N) is 1. The highest BCUT2D eigenvalue weighted by Gasteiger charge is 2.25. The Hall–Kier alpha value is -0.170. The minimum atomic E-state index is -3.30. The first-order valence-corrected chi connectivity index (χ1v) is 5.39. The molecule has 0 aromatic carbocycles. The fraction of sp³-hybridized carbons (Fsp3) is 1.00. The normalized spacial score (nSPS) is 26.8. The summed E-state index contributed by atoms with van der Waals surface area (Å²) in [6.07, 6.45) is 0.186. The number of nitrogens with one attached hydrogen (secondary N) is 1. The molecule has 1 aliphatic rings. The summed E-state index contributed by atoms with van der Waals surface area (Å²) < 4.78 is 26.1. The molecule has 0 saturated carbocycles. The lowest BCUT2D eigenvalue weighted by Crippen LogP contribution is -2.49. The second kappa shape index (κ2) is 3.69. The summed E-state index contributed by atoms with van der Waals surface area (Å²) in [5.74, 6) is 0. The van der Waals surface area contributed by atoms with Gasteiger partial charge < -0.3 is 5.11 Å². The van der Waals surface area contributed by atoms with Gasteiger partial charge in [0.2, 0.25) is 0 Å². The van der Waals surface area contributed by atoms with Crippen molar-refractivity contribution >= 4 is 10.2 Å². The molecule has 6 heteroatoms. The van der Waals surface area contributed by atoms with Gasteiger partial charge in [0.25, 0.3) is 10.2 Å². The number of hydrogen-bond donors (Lipinski definition) is 2. The monoisotopic (exact) mass is 194 g/mol. The first kappa shape index (κ1) is 9.91. The van der Waals surface area contributed by atoms with Gasteiger partial charge >= 0.3 is 0 Å². The van der Waals surface area contributed by atoms with Gasteiger partial charge in [-0.1, -0.05) is 0 Å². The Bertz CT molecular complexity index is 237. The smallest absolute Gasteiger partial charge is 0.279 e. The first-order chi connectivity index (χ1) is 5.52. The maximum Gasteiger partial charge on any atom is 0.279 e. The fourth-order valence-electron chi connectivity index (χ4n) is 1.15. The van der Waals surface area contributed by atoms with Crippen LogP contribution >= 0.6 is 0 Å². The largest absolute Gasteiger partial charge is 0.392 e. The molecule has 0 aromatic rings. The third-order valence-electron chi connectivity index (χ3n) is 1.68. The lowest BCUT2D eigenvalue weighted by atomic mass is 10.4. The van der Waals surface area contributed by atoms with Gasteiger partial charge in [-0.25, -0.2) is 4.72 Å². The number of aliphatic hydroxyl groups excluding tert-OH is 1. The molecular weight excluding hydrogens is 180 g/mol. The number of rotatable bonds is 2. The van der Waals surface area contributed by atoms with Gasteiger partial charge in [0.15, 0.2) is 0 Å². The van der Waals surface area contributed by atoms with Gasteiger partial charge in [-0.05, 0) is 13.3 Å². The third-order valence-corrected chi connectivity index (χ3v) is 3.26. The van der Waals surface area contributed by atoms with Crippen LogP contribution in [0.5, 0.6) is 0 Å². The predicted octanol–water partition coefficient (Wildman–Crippen LogP) is -1.09. The molecule has 12 heavy (non-hydrogen) atoms. The van der Waals surface area contributed by atoms with Gasteiger partial charge in [-0.2, -0.15) is 12.7 Å². The molecule has 1 fully saturated rings. The molecule has 1 heterocycles. The molecule has 1 rings (SSSR count). The molecule has 1 unspecified atom stereocenters. The highest BCUT2D eigenvalue weighted by molar-refractivity contribution is 7.87. The van der Waals surface area contributed by atoms with Crippen LogP contribution in [0.2, 0.25) is 0 Å². The molecule has 0 amide bonds. The lowest BCUT2D eigenvalue weighted by molar-refractivity contribution is 0.160. The minimum absolute atomic E-state index is 0.176. The van der Waals surface area contributed by atoms with E-state index < -0.39 is 16.3 Å². The molecule has 0 aliphatic carbocycles. The van der Waals surface area contributed by atoms with Crippen molar-refractivity contribution in [2.45, 2.75) is 19.4 Å². The van der Waals surface area contributed by atoms with Crippen molar-refractivity contribution in [3.8, 4) is 0 Å². The third kappa shape index (κ3) is 2.41. The van der Waals surface area contributed by atoms with E-state index in [0.29, 0.717) is 13.1 Å². The van der Waals surface area contributed by atoms with E-state index in [1.807, 2.05) is 0 Å². The predicted molar refractivity (Wildman–Crippen MR) is 44.8 cm³/mol. The fourth-order valence-corrected chi connectivity index (χ4v) is 2.52. The summed E-state index contributed by atoms with van der Waals surface area (Å²) in [5, 5.41) is 9.00. The van der Waals surface area contributed by atoms with Gasteiger partial charge in [-0.3, -0.25) is 0 Å². The number of nitrogens with zero attached hydrogens (tertiary/aromatic N) is 1. The summed E-state index contributed by atoms with van der Waals surface area (Å²) >= 11 is 0. The topological polar surface area (TPSA) is 69.6 Å². The quantitative estimate of drug-likeness (QED) is 0.586. The SMILES string of the molecule is CC(O)CN1CCCNS1(=O)=O. The van der Waals surface area contributed by atoms with E-state index in [0.717, 1.165) is 6.42 Å². The number of aliphatic hydroxyl groups is 1. The van der Waals surface area contributed by atoms with E-state index in [9.17, 15) is 8.42 Å². The van der Waals surface area contributed by atoms with Crippen LogP contribution in [-0.4, -0.2) is 43.6 Å². The Kier molecular flexibility index (Phi) is 3.05. The highest BCUT2D eigenvalue weighted by atomic mass is 32.2. The van der Waals surface area contributed by atoms with Crippen molar-refractivity contribution in [2.75, 3.05) is 19.6 Å². The van der Waals surface area contributed by atoms with Crippen LogP contribution in [0.3, 0.4) is 0 Å². The first-order valence-electron chi connectivity index (χ1n) is 3.95. The maximum atomic E-state index is 11.2. The zero-order valence-electron chi connectivity index (χ0n) is 7.02. The van der Waals surface area contributed by atoms with Crippen LogP contribution in [-0.2, 0) is 10.2 Å². The van der Waals surface area contributed by atoms with Crippen molar-refractivity contribution < 1.29 is 13.5 Å². The van der Waals surface area contributed by atoms with Gasteiger partial charge in [0.1, 0.15) is 0 Å². The summed E-state index contributed by atoms with van der Waals surface area (Å²) in [4.78, 5) is 0. The van der Waals surface area contributed by atoms with E-state index in [2.05, 4.69) is 4.72 Å². The van der Waals surface area contributed by atoms with Crippen LogP contribution in [0.15, 0.2) is 0 Å². The molecule has 0 bridgehead atoms. The average molecular weight is 194 g/mol. The zero-order chi connectivity index (χ0) is 9.19. The highest BCUT2D eigenvalue weighted by Crippen LogP contribution is 2.05. The molecule has 2 N–H and O–H groups in total. The van der Waals surface area contributed by atoms with E-state index in [1.54, 1.807) is 6.92 Å². The maximum absolute atomic E-state index is 11.2. The van der Waals surface area contributed by atoms with Crippen LogP contribution in [0.25, 0.3) is 0 Å². The Balaban J connectivity index is 2.61. The van der Waals surface area contributed by atoms with Crippen LogP contribution in [0, 0.1) is 0 Å². The van der Waals surface area contributed by atoms with Crippen molar-refractivity contribution in [2.24, 2.45) is 0 Å². The van der Waals surface area contributed by atoms with Gasteiger partial charge in [0, 0.05) is 19.6 Å². The van der Waals surface area contributed by atoms with E-state index in [1.165, 1.54) is 4.31 Å². The second-order valence-corrected chi connectivity index (χ2v) is 4.72. The molecule has 0 aromatic heterocycles. The Labute approximate surface area is 72.6 Å². The molecule has 0 radical (unpaired) electrons. The summed E-state index contributed by atoms with van der Waals surface area (Å²) in [6, 6.07) is 0. The molecule has 1 saturated heterocycles. The lowest BCUT2D eigenvalue weighted by Gasteiger charge is -2.27. The van der Waals surface area contributed by atoms with Crippen molar-refractivity contribution in [1.82, 2.24) is 9.03 Å². The second-order valence-electron chi connectivity index (χ2n) is 2.96. The van der Waals surface area contributed by atoms with Crippen molar-refractivity contribution in [3.05, 3.63) is 0 Å². The molecule has 5 nitrogen and oxygen atoms in total. The summed E-state index contributed by atoms with van der Waals surface area (Å²) in [7, 11) is -3.30. The van der Waals surface area contributed by atoms with Crippen molar-refractivity contribution in [3.63, 3.8) is 0 Å². The van der Waals surface area contributed by atoms with Crippen molar-refractivity contribution in [1.29, 1.82) is 0 Å². The molecule has 1 atom stereocenters. The summed E-state index contributed by atoms with van der Waals surface area (Å²) in [5.41, 5.74) is 0. The average Bonchev–Trinajstić information content (AvgIpc) is 1.92. The molecular formula is C6H14N2O3S. The summed E-state index contributed by atoms with van der Waals surface area (Å²) in [6.45, 7) is 2.75. The standard InChI is InChI=1S/C6H14N2O3S/c1-6(9)5-8-4-2-3-7-12(8,10)11/h6-7,9H,2-5H2,1H3. The van der Waals surface area contributed by atoms with E-state index in [-0.39, 0.29) is 6.54 Å². The van der Waals surface area contributed by atoms with Crippen LogP contribution < -0.4 is 4.72 Å². The van der Waals surface area contributed by atoms with Gasteiger partial charge in [-0.15, -0.1) is 0 Å². The zero-order valence-corrected chi connectivity index (χ0v) is 7.84. The van der Waals surface area contributed by atoms with Crippen LogP contribution in [0.1, 0.15) is 13.3 Å². The van der Waals surface area contributed by atoms with Crippen LogP contribution in [0.4, 0.5) is 0 Å². The molecule has 0 spiro atoms. The Morgan fingerprint density at radius 3 is 2.83 bits per heavy atom. The Morgan fingerprint density at radius 2 is 2.33 bits per heavy atom. The van der Waals surface area contributed by atoms with E-state index in [4.69, 9.17) is 5.11 Å². The Morgan fingerprint density at radius 1 is 1.67 bits per heavy atom.